The first-order valence-corrected chi connectivity index (χ1v) is 8.62. The SMILES string of the molecule is O=C(CSc1nc2cc(C(F)(F)F)ccc2s1)N1CCCC1. The highest BCUT2D eigenvalue weighted by Gasteiger charge is 2.30. The van der Waals surface area contributed by atoms with Crippen LogP contribution < -0.4 is 0 Å². The third kappa shape index (κ3) is 3.38. The van der Waals surface area contributed by atoms with Crippen LogP contribution in [0.3, 0.4) is 0 Å². The van der Waals surface area contributed by atoms with Gasteiger partial charge in [0.2, 0.25) is 5.91 Å². The Balaban J connectivity index is 1.70. The molecule has 0 radical (unpaired) electrons. The molecule has 1 saturated heterocycles. The number of likely N-dealkylation sites (tertiary alicyclic amines) is 1. The predicted octanol–water partition coefficient (Wildman–Crippen LogP) is 4.03. The number of benzene rings is 1. The zero-order valence-corrected chi connectivity index (χ0v) is 13.2. The Morgan fingerprint density at radius 3 is 2.73 bits per heavy atom. The van der Waals surface area contributed by atoms with Crippen LogP contribution in [0.25, 0.3) is 10.2 Å². The Labute approximate surface area is 133 Å². The minimum atomic E-state index is -4.36. The second-order valence-corrected chi connectivity index (χ2v) is 7.29. The van der Waals surface area contributed by atoms with E-state index in [1.165, 1.54) is 29.2 Å². The molecule has 8 heteroatoms. The maximum Gasteiger partial charge on any atom is 0.416 e. The number of amides is 1. The van der Waals surface area contributed by atoms with Crippen LogP contribution in [0.15, 0.2) is 22.5 Å². The summed E-state index contributed by atoms with van der Waals surface area (Å²) < 4.78 is 39.3. The van der Waals surface area contributed by atoms with Crippen LogP contribution in [-0.4, -0.2) is 34.6 Å². The fourth-order valence-corrected chi connectivity index (χ4v) is 4.28. The number of thiazole rings is 1. The van der Waals surface area contributed by atoms with E-state index in [1.54, 1.807) is 0 Å². The first-order chi connectivity index (χ1) is 10.4. The van der Waals surface area contributed by atoms with E-state index in [4.69, 9.17) is 0 Å². The fraction of sp³-hybridized carbons (Fsp3) is 0.429. The lowest BCUT2D eigenvalue weighted by Crippen LogP contribution is -2.29. The Bertz CT molecular complexity index is 693. The van der Waals surface area contributed by atoms with E-state index in [-0.39, 0.29) is 11.7 Å². The van der Waals surface area contributed by atoms with Gasteiger partial charge in [0.15, 0.2) is 4.34 Å². The number of rotatable bonds is 3. The number of aromatic nitrogens is 1. The molecule has 22 heavy (non-hydrogen) atoms. The van der Waals surface area contributed by atoms with Crippen molar-refractivity contribution in [2.45, 2.75) is 23.4 Å². The number of thioether (sulfide) groups is 1. The summed E-state index contributed by atoms with van der Waals surface area (Å²) in [4.78, 5) is 18.0. The lowest BCUT2D eigenvalue weighted by molar-refractivity contribution is -0.137. The summed E-state index contributed by atoms with van der Waals surface area (Å²) in [5.41, 5.74) is -0.370. The molecule has 1 amide bonds. The number of carbonyl (C=O) groups excluding carboxylic acids is 1. The number of hydrogen-bond donors (Lipinski definition) is 0. The number of nitrogens with zero attached hydrogens (tertiary/aromatic N) is 2. The molecular weight excluding hydrogens is 333 g/mol. The molecule has 0 spiro atoms. The highest BCUT2D eigenvalue weighted by Crippen LogP contribution is 2.35. The lowest BCUT2D eigenvalue weighted by Gasteiger charge is -2.13. The molecule has 1 aromatic heterocycles. The summed E-state index contributed by atoms with van der Waals surface area (Å²) in [7, 11) is 0. The zero-order valence-electron chi connectivity index (χ0n) is 11.5. The van der Waals surface area contributed by atoms with Gasteiger partial charge in [-0.25, -0.2) is 4.98 Å². The summed E-state index contributed by atoms with van der Waals surface area (Å²) in [6, 6.07) is 3.55. The van der Waals surface area contributed by atoms with Crippen LogP contribution in [0.5, 0.6) is 0 Å². The van der Waals surface area contributed by atoms with E-state index in [0.717, 1.165) is 38.1 Å². The van der Waals surface area contributed by atoms with Gasteiger partial charge in [0.25, 0.3) is 0 Å². The topological polar surface area (TPSA) is 33.2 Å². The van der Waals surface area contributed by atoms with Crippen LogP contribution >= 0.6 is 23.1 Å². The zero-order chi connectivity index (χ0) is 15.7. The summed E-state index contributed by atoms with van der Waals surface area (Å²) in [6.07, 6.45) is -2.29. The Morgan fingerprint density at radius 1 is 1.32 bits per heavy atom. The molecule has 0 atom stereocenters. The van der Waals surface area contributed by atoms with Crippen molar-refractivity contribution in [2.24, 2.45) is 0 Å². The quantitative estimate of drug-likeness (QED) is 0.787. The second-order valence-electron chi connectivity index (χ2n) is 5.04. The summed E-state index contributed by atoms with van der Waals surface area (Å²) >= 11 is 2.60. The molecule has 118 valence electrons. The van der Waals surface area contributed by atoms with Gasteiger partial charge in [-0.3, -0.25) is 4.79 Å². The summed E-state index contributed by atoms with van der Waals surface area (Å²) in [5, 5.41) is 0. The van der Waals surface area contributed by atoms with Crippen molar-refractivity contribution in [2.75, 3.05) is 18.8 Å². The number of carbonyl (C=O) groups is 1. The predicted molar refractivity (Wildman–Crippen MR) is 81.2 cm³/mol. The van der Waals surface area contributed by atoms with Gasteiger partial charge in [0.1, 0.15) is 0 Å². The molecule has 3 rings (SSSR count). The van der Waals surface area contributed by atoms with Crippen LogP contribution in [0.2, 0.25) is 0 Å². The third-order valence-corrected chi connectivity index (χ3v) is 5.64. The molecule has 2 heterocycles. The van der Waals surface area contributed by atoms with Gasteiger partial charge in [0, 0.05) is 13.1 Å². The van der Waals surface area contributed by atoms with Gasteiger partial charge in [-0.15, -0.1) is 11.3 Å². The van der Waals surface area contributed by atoms with Crippen molar-refractivity contribution in [1.29, 1.82) is 0 Å². The van der Waals surface area contributed by atoms with Gasteiger partial charge < -0.3 is 4.90 Å². The Hall–Kier alpha value is -1.28. The van der Waals surface area contributed by atoms with Crippen molar-refractivity contribution in [3.8, 4) is 0 Å². The molecule has 0 saturated carbocycles. The molecule has 0 bridgehead atoms. The standard InChI is InChI=1S/C14H13F3N2OS2/c15-14(16,17)9-3-4-11-10(7-9)18-13(22-11)21-8-12(20)19-5-1-2-6-19/h3-4,7H,1-2,5-6,8H2. The molecular formula is C14H13F3N2OS2. The molecule has 1 fully saturated rings. The van der Waals surface area contributed by atoms with E-state index in [9.17, 15) is 18.0 Å². The van der Waals surface area contributed by atoms with E-state index >= 15 is 0 Å². The summed E-state index contributed by atoms with van der Waals surface area (Å²) in [5.74, 6) is 0.351. The minimum Gasteiger partial charge on any atom is -0.342 e. The van der Waals surface area contributed by atoms with Crippen LogP contribution in [0, 0.1) is 0 Å². The van der Waals surface area contributed by atoms with Crippen molar-refractivity contribution in [3.63, 3.8) is 0 Å². The molecule has 1 aliphatic heterocycles. The first kappa shape index (κ1) is 15.6. The van der Waals surface area contributed by atoms with E-state index < -0.39 is 11.7 Å². The Morgan fingerprint density at radius 2 is 2.05 bits per heavy atom. The van der Waals surface area contributed by atoms with E-state index in [2.05, 4.69) is 4.98 Å². The summed E-state index contributed by atoms with van der Waals surface area (Å²) in [6.45, 7) is 1.60. The molecule has 1 aromatic carbocycles. The van der Waals surface area contributed by atoms with E-state index in [0.29, 0.717) is 14.6 Å². The lowest BCUT2D eigenvalue weighted by atomic mass is 10.2. The van der Waals surface area contributed by atoms with Crippen molar-refractivity contribution < 1.29 is 18.0 Å². The molecule has 0 unspecified atom stereocenters. The number of alkyl halides is 3. The highest BCUT2D eigenvalue weighted by molar-refractivity contribution is 8.01. The van der Waals surface area contributed by atoms with E-state index in [1.807, 2.05) is 4.90 Å². The Kier molecular flexibility index (Phi) is 4.31. The molecule has 3 nitrogen and oxygen atoms in total. The second kappa shape index (κ2) is 6.08. The average molecular weight is 346 g/mol. The van der Waals surface area contributed by atoms with Crippen molar-refractivity contribution in [1.82, 2.24) is 9.88 Å². The average Bonchev–Trinajstić information content (AvgIpc) is 3.11. The molecule has 0 aliphatic carbocycles. The first-order valence-electron chi connectivity index (χ1n) is 6.82. The fourth-order valence-electron chi connectivity index (χ4n) is 2.33. The van der Waals surface area contributed by atoms with Crippen LogP contribution in [0.4, 0.5) is 13.2 Å². The van der Waals surface area contributed by atoms with Gasteiger partial charge in [-0.05, 0) is 31.0 Å². The van der Waals surface area contributed by atoms with Crippen LogP contribution in [-0.2, 0) is 11.0 Å². The van der Waals surface area contributed by atoms with Crippen molar-refractivity contribution >= 4 is 39.2 Å². The normalized spacial score (nSPS) is 15.7. The van der Waals surface area contributed by atoms with Gasteiger partial charge >= 0.3 is 6.18 Å². The third-order valence-electron chi connectivity index (χ3n) is 3.47. The number of hydrogen-bond acceptors (Lipinski definition) is 4. The number of fused-ring (bicyclic) bond motifs is 1. The maximum absolute atomic E-state index is 12.7. The largest absolute Gasteiger partial charge is 0.416 e. The van der Waals surface area contributed by atoms with Gasteiger partial charge in [-0.1, -0.05) is 11.8 Å². The van der Waals surface area contributed by atoms with Gasteiger partial charge in [0.05, 0.1) is 21.5 Å². The highest BCUT2D eigenvalue weighted by atomic mass is 32.2. The van der Waals surface area contributed by atoms with Crippen LogP contribution in [0.1, 0.15) is 18.4 Å². The monoisotopic (exact) mass is 346 g/mol. The van der Waals surface area contributed by atoms with Crippen molar-refractivity contribution in [3.05, 3.63) is 23.8 Å². The maximum atomic E-state index is 12.7. The smallest absolute Gasteiger partial charge is 0.342 e. The molecule has 1 aliphatic rings. The van der Waals surface area contributed by atoms with Gasteiger partial charge in [-0.2, -0.15) is 13.2 Å². The number of halogens is 3. The molecule has 2 aromatic rings. The molecule has 0 N–H and O–H groups in total. The minimum absolute atomic E-state index is 0.0673.